The van der Waals surface area contributed by atoms with Gasteiger partial charge in [0.05, 0.1) is 4.88 Å². The molecular weight excluding hydrogens is 287 g/mol. The number of amides is 1. The lowest BCUT2D eigenvalue weighted by Gasteiger charge is -2.27. The van der Waals surface area contributed by atoms with E-state index in [0.717, 1.165) is 42.6 Å². The topological polar surface area (TPSA) is 32.3 Å². The van der Waals surface area contributed by atoms with Crippen molar-refractivity contribution in [2.45, 2.75) is 12.8 Å². The van der Waals surface area contributed by atoms with E-state index in [1.54, 1.807) is 11.0 Å². The number of benzene rings is 1. The van der Waals surface area contributed by atoms with Gasteiger partial charge >= 0.3 is 0 Å². The summed E-state index contributed by atoms with van der Waals surface area (Å²) in [5, 5.41) is 4.27. The van der Waals surface area contributed by atoms with Gasteiger partial charge in [0.2, 0.25) is 0 Å². The number of thiophene rings is 1. The second-order valence-corrected chi connectivity index (χ2v) is 6.76. The number of hydrogen-bond donors (Lipinski definition) is 1. The molecule has 1 saturated heterocycles. The smallest absolute Gasteiger partial charge is 0.263 e. The van der Waals surface area contributed by atoms with Crippen LogP contribution < -0.4 is 5.32 Å². The summed E-state index contributed by atoms with van der Waals surface area (Å²) in [6.07, 6.45) is 2.24. The Hall–Kier alpha value is -1.46. The van der Waals surface area contributed by atoms with Crippen LogP contribution in [0.5, 0.6) is 0 Å². The summed E-state index contributed by atoms with van der Waals surface area (Å²) in [4.78, 5) is 15.0. The number of carbonyl (C=O) groups excluding carboxylic acids is 1. The standard InChI is InChI=1S/C16H19FN2OS/c1-19(10-11-4-6-18-7-5-11)16(20)15-8-12-2-3-13(17)9-14(12)21-15/h2-3,8-9,11,18H,4-7,10H2,1H3. The van der Waals surface area contributed by atoms with Gasteiger partial charge in [0, 0.05) is 18.3 Å². The van der Waals surface area contributed by atoms with E-state index in [9.17, 15) is 9.18 Å². The zero-order valence-corrected chi connectivity index (χ0v) is 12.9. The number of halogens is 1. The van der Waals surface area contributed by atoms with Crippen molar-refractivity contribution in [3.8, 4) is 0 Å². The van der Waals surface area contributed by atoms with Crippen LogP contribution in [0.4, 0.5) is 4.39 Å². The highest BCUT2D eigenvalue weighted by Crippen LogP contribution is 2.27. The van der Waals surface area contributed by atoms with Crippen LogP contribution >= 0.6 is 11.3 Å². The number of fused-ring (bicyclic) bond motifs is 1. The summed E-state index contributed by atoms with van der Waals surface area (Å²) in [7, 11) is 1.86. The molecule has 0 atom stereocenters. The van der Waals surface area contributed by atoms with Crippen molar-refractivity contribution >= 4 is 27.3 Å². The van der Waals surface area contributed by atoms with E-state index in [0.29, 0.717) is 10.8 Å². The second kappa shape index (κ2) is 6.12. The monoisotopic (exact) mass is 306 g/mol. The molecule has 3 rings (SSSR count). The van der Waals surface area contributed by atoms with Gasteiger partial charge in [0.1, 0.15) is 5.82 Å². The zero-order chi connectivity index (χ0) is 14.8. The first-order valence-electron chi connectivity index (χ1n) is 7.29. The van der Waals surface area contributed by atoms with Crippen molar-refractivity contribution in [1.82, 2.24) is 10.2 Å². The van der Waals surface area contributed by atoms with Gasteiger partial charge in [0.25, 0.3) is 5.91 Å². The molecular formula is C16H19FN2OS. The molecule has 5 heteroatoms. The molecule has 1 aliphatic rings. The third-order valence-corrected chi connectivity index (χ3v) is 5.12. The van der Waals surface area contributed by atoms with Gasteiger partial charge in [-0.25, -0.2) is 4.39 Å². The minimum atomic E-state index is -0.258. The van der Waals surface area contributed by atoms with Crippen LogP contribution in [-0.4, -0.2) is 37.5 Å². The second-order valence-electron chi connectivity index (χ2n) is 5.67. The number of carbonyl (C=O) groups is 1. The molecule has 0 aliphatic carbocycles. The molecule has 1 aromatic carbocycles. The molecule has 112 valence electrons. The largest absolute Gasteiger partial charge is 0.341 e. The molecule has 0 spiro atoms. The Labute approximate surface area is 127 Å². The van der Waals surface area contributed by atoms with Crippen molar-refractivity contribution < 1.29 is 9.18 Å². The maximum Gasteiger partial charge on any atom is 0.263 e. The summed E-state index contributed by atoms with van der Waals surface area (Å²) in [6, 6.07) is 6.51. The van der Waals surface area contributed by atoms with Crippen LogP contribution in [0.3, 0.4) is 0 Å². The highest BCUT2D eigenvalue weighted by molar-refractivity contribution is 7.20. The minimum Gasteiger partial charge on any atom is -0.341 e. The lowest BCUT2D eigenvalue weighted by atomic mass is 9.98. The summed E-state index contributed by atoms with van der Waals surface area (Å²) < 4.78 is 14.0. The van der Waals surface area contributed by atoms with Gasteiger partial charge < -0.3 is 10.2 Å². The average molecular weight is 306 g/mol. The average Bonchev–Trinajstić information content (AvgIpc) is 2.90. The Bertz CT molecular complexity index is 649. The first kappa shape index (κ1) is 14.5. The van der Waals surface area contributed by atoms with Crippen LogP contribution in [0.2, 0.25) is 0 Å². The highest BCUT2D eigenvalue weighted by atomic mass is 32.1. The Morgan fingerprint density at radius 3 is 2.90 bits per heavy atom. The number of nitrogens with one attached hydrogen (secondary N) is 1. The molecule has 2 heterocycles. The fraction of sp³-hybridized carbons (Fsp3) is 0.438. The lowest BCUT2D eigenvalue weighted by molar-refractivity contribution is 0.0767. The Morgan fingerprint density at radius 2 is 2.14 bits per heavy atom. The van der Waals surface area contributed by atoms with Crippen molar-refractivity contribution in [2.24, 2.45) is 5.92 Å². The number of hydrogen-bond acceptors (Lipinski definition) is 3. The summed E-state index contributed by atoms with van der Waals surface area (Å²) in [5.74, 6) is 0.355. The molecule has 2 aromatic rings. The van der Waals surface area contributed by atoms with Gasteiger partial charge in [-0.15, -0.1) is 11.3 Å². The van der Waals surface area contributed by atoms with E-state index in [1.807, 2.05) is 13.1 Å². The summed E-state index contributed by atoms with van der Waals surface area (Å²) >= 11 is 1.37. The lowest BCUT2D eigenvalue weighted by Crippen LogP contribution is -2.36. The van der Waals surface area contributed by atoms with E-state index in [-0.39, 0.29) is 11.7 Å². The molecule has 0 radical (unpaired) electrons. The molecule has 0 unspecified atom stereocenters. The maximum absolute atomic E-state index is 13.2. The van der Waals surface area contributed by atoms with Gasteiger partial charge in [-0.05, 0) is 55.4 Å². The molecule has 1 N–H and O–H groups in total. The molecule has 21 heavy (non-hydrogen) atoms. The molecule has 3 nitrogen and oxygen atoms in total. The molecule has 1 fully saturated rings. The Balaban J connectivity index is 1.72. The predicted molar refractivity (Wildman–Crippen MR) is 84.3 cm³/mol. The first-order chi connectivity index (χ1) is 10.1. The summed E-state index contributed by atoms with van der Waals surface area (Å²) in [6.45, 7) is 2.87. The molecule has 1 aliphatic heterocycles. The fourth-order valence-electron chi connectivity index (χ4n) is 2.83. The van der Waals surface area contributed by atoms with Crippen LogP contribution in [0.25, 0.3) is 10.1 Å². The van der Waals surface area contributed by atoms with Gasteiger partial charge in [-0.1, -0.05) is 6.07 Å². The number of rotatable bonds is 3. The zero-order valence-electron chi connectivity index (χ0n) is 12.1. The fourth-order valence-corrected chi connectivity index (χ4v) is 3.92. The van der Waals surface area contributed by atoms with Gasteiger partial charge in [-0.2, -0.15) is 0 Å². The van der Waals surface area contributed by atoms with E-state index in [4.69, 9.17) is 0 Å². The van der Waals surface area contributed by atoms with E-state index in [2.05, 4.69) is 5.32 Å². The molecule has 1 amide bonds. The normalized spacial score (nSPS) is 16.3. The van der Waals surface area contributed by atoms with E-state index < -0.39 is 0 Å². The first-order valence-corrected chi connectivity index (χ1v) is 8.10. The molecule has 0 bridgehead atoms. The third kappa shape index (κ3) is 3.24. The van der Waals surface area contributed by atoms with Crippen molar-refractivity contribution in [3.05, 3.63) is 35.0 Å². The summed E-state index contributed by atoms with van der Waals surface area (Å²) in [5.41, 5.74) is 0. The number of piperidine rings is 1. The molecule has 1 aromatic heterocycles. The third-order valence-electron chi connectivity index (χ3n) is 4.03. The van der Waals surface area contributed by atoms with E-state index in [1.165, 1.54) is 23.5 Å². The van der Waals surface area contributed by atoms with Crippen molar-refractivity contribution in [2.75, 3.05) is 26.7 Å². The van der Waals surface area contributed by atoms with Crippen LogP contribution in [-0.2, 0) is 0 Å². The quantitative estimate of drug-likeness (QED) is 0.945. The van der Waals surface area contributed by atoms with Crippen LogP contribution in [0.1, 0.15) is 22.5 Å². The SMILES string of the molecule is CN(CC1CCNCC1)C(=O)c1cc2ccc(F)cc2s1. The van der Waals surface area contributed by atoms with Gasteiger partial charge in [-0.3, -0.25) is 4.79 Å². The van der Waals surface area contributed by atoms with Crippen LogP contribution in [0, 0.1) is 11.7 Å². The van der Waals surface area contributed by atoms with Gasteiger partial charge in [0.15, 0.2) is 0 Å². The Kier molecular flexibility index (Phi) is 4.22. The van der Waals surface area contributed by atoms with E-state index >= 15 is 0 Å². The maximum atomic E-state index is 13.2. The minimum absolute atomic E-state index is 0.0372. The highest BCUT2D eigenvalue weighted by Gasteiger charge is 2.20. The van der Waals surface area contributed by atoms with Crippen molar-refractivity contribution in [1.29, 1.82) is 0 Å². The van der Waals surface area contributed by atoms with Crippen molar-refractivity contribution in [3.63, 3.8) is 0 Å². The Morgan fingerprint density at radius 1 is 1.38 bits per heavy atom. The van der Waals surface area contributed by atoms with Crippen LogP contribution in [0.15, 0.2) is 24.3 Å². The molecule has 0 saturated carbocycles. The number of nitrogens with zero attached hydrogens (tertiary/aromatic N) is 1. The predicted octanol–water partition coefficient (Wildman–Crippen LogP) is 3.11.